The number of aliphatic hydroxyl groups is 1. The van der Waals surface area contributed by atoms with E-state index in [-0.39, 0.29) is 6.61 Å². The Balaban J connectivity index is 1.52. The molecule has 0 unspecified atom stereocenters. The lowest BCUT2D eigenvalue weighted by Crippen LogP contribution is -2.10. The molecule has 4 rings (SSSR count). The number of aryl methyl sites for hydroxylation is 1. The monoisotopic (exact) mass is 431 g/mol. The second-order valence-electron chi connectivity index (χ2n) is 7.63. The van der Waals surface area contributed by atoms with Crippen molar-refractivity contribution in [1.29, 1.82) is 0 Å². The van der Waals surface area contributed by atoms with Crippen molar-refractivity contribution < 1.29 is 5.11 Å². The molecule has 3 heterocycles. The van der Waals surface area contributed by atoms with Crippen LogP contribution in [0.5, 0.6) is 0 Å². The summed E-state index contributed by atoms with van der Waals surface area (Å²) in [6, 6.07) is 14.3. The van der Waals surface area contributed by atoms with E-state index in [1.807, 2.05) is 24.5 Å². The molecule has 0 bridgehead atoms. The van der Waals surface area contributed by atoms with E-state index < -0.39 is 0 Å². The lowest BCUT2D eigenvalue weighted by atomic mass is 10.1. The molecule has 3 aromatic heterocycles. The fourth-order valence-corrected chi connectivity index (χ4v) is 3.50. The van der Waals surface area contributed by atoms with Crippen molar-refractivity contribution in [1.82, 2.24) is 24.5 Å². The van der Waals surface area contributed by atoms with Gasteiger partial charge in [0, 0.05) is 38.0 Å². The molecule has 0 fully saturated rings. The molecule has 0 atom stereocenters. The van der Waals surface area contributed by atoms with E-state index in [1.54, 1.807) is 6.20 Å². The maximum absolute atomic E-state index is 8.99. The van der Waals surface area contributed by atoms with Crippen LogP contribution in [-0.2, 0) is 13.1 Å². The Morgan fingerprint density at radius 3 is 2.59 bits per heavy atom. The highest BCUT2D eigenvalue weighted by molar-refractivity contribution is 5.84. The van der Waals surface area contributed by atoms with Gasteiger partial charge in [-0.3, -0.25) is 4.98 Å². The van der Waals surface area contributed by atoms with Crippen LogP contribution in [0, 0.1) is 0 Å². The van der Waals surface area contributed by atoms with Gasteiger partial charge in [-0.15, -0.1) is 0 Å². The zero-order valence-corrected chi connectivity index (χ0v) is 18.3. The lowest BCUT2D eigenvalue weighted by Gasteiger charge is -2.11. The number of anilines is 2. The molecule has 8 heteroatoms. The first kappa shape index (κ1) is 21.7. The summed E-state index contributed by atoms with van der Waals surface area (Å²) in [5.74, 6) is 1.28. The fourth-order valence-electron chi connectivity index (χ4n) is 3.50. The molecular formula is C24H29N7O. The summed E-state index contributed by atoms with van der Waals surface area (Å²) in [5.41, 5.74) is 4.78. The number of benzene rings is 1. The van der Waals surface area contributed by atoms with Gasteiger partial charge in [-0.25, -0.2) is 4.98 Å². The van der Waals surface area contributed by atoms with Crippen LogP contribution in [0.3, 0.4) is 0 Å². The van der Waals surface area contributed by atoms with Crippen LogP contribution < -0.4 is 10.6 Å². The van der Waals surface area contributed by atoms with Crippen LogP contribution in [0.4, 0.5) is 11.8 Å². The van der Waals surface area contributed by atoms with E-state index >= 15 is 0 Å². The number of aliphatic hydroxyl groups excluding tert-OH is 1. The first-order chi connectivity index (χ1) is 15.8. The first-order valence-corrected chi connectivity index (χ1v) is 11.1. The molecular weight excluding hydrogens is 402 g/mol. The number of aromatic nitrogens is 5. The molecule has 0 aliphatic rings. The number of hydrogen-bond donors (Lipinski definition) is 3. The second kappa shape index (κ2) is 10.7. The molecule has 1 aromatic carbocycles. The Bertz CT molecular complexity index is 1130. The van der Waals surface area contributed by atoms with Crippen LogP contribution in [0.2, 0.25) is 0 Å². The zero-order chi connectivity index (χ0) is 22.2. The Hall–Kier alpha value is -3.52. The quantitative estimate of drug-likeness (QED) is 0.307. The van der Waals surface area contributed by atoms with Crippen LogP contribution in [-0.4, -0.2) is 42.8 Å². The molecule has 0 saturated carbocycles. The minimum atomic E-state index is 0.191. The lowest BCUT2D eigenvalue weighted by molar-refractivity contribution is 0.286. The molecule has 0 spiro atoms. The highest BCUT2D eigenvalue weighted by Gasteiger charge is 2.13. The smallest absolute Gasteiger partial charge is 0.226 e. The molecule has 0 saturated heterocycles. The van der Waals surface area contributed by atoms with Gasteiger partial charge in [-0.05, 0) is 37.0 Å². The van der Waals surface area contributed by atoms with Crippen molar-refractivity contribution in [2.75, 3.05) is 23.8 Å². The number of nitrogens with one attached hydrogen (secondary N) is 2. The van der Waals surface area contributed by atoms with Crippen molar-refractivity contribution in [3.05, 3.63) is 60.6 Å². The van der Waals surface area contributed by atoms with Gasteiger partial charge in [0.1, 0.15) is 0 Å². The third kappa shape index (κ3) is 5.20. The number of imidazole rings is 1. The molecule has 0 aliphatic carbocycles. The van der Waals surface area contributed by atoms with Crippen molar-refractivity contribution in [2.24, 2.45) is 0 Å². The standard InChI is InChI=1S/C24H29N7O/c1-2-14-31-17-28-21-22(29-24(30-23(21)31)26-13-5-6-15-32)27-16-18-8-10-19(11-9-18)20-7-3-4-12-25-20/h3-4,7-12,17,32H,2,5-6,13-16H2,1H3,(H2,26,27,29,30). The summed E-state index contributed by atoms with van der Waals surface area (Å²) in [6.45, 7) is 4.51. The Kier molecular flexibility index (Phi) is 7.24. The molecule has 166 valence electrons. The molecule has 0 amide bonds. The summed E-state index contributed by atoms with van der Waals surface area (Å²) in [4.78, 5) is 18.3. The van der Waals surface area contributed by atoms with Gasteiger partial charge in [-0.2, -0.15) is 9.97 Å². The predicted molar refractivity (Wildman–Crippen MR) is 127 cm³/mol. The van der Waals surface area contributed by atoms with Gasteiger partial charge in [0.05, 0.1) is 12.0 Å². The maximum Gasteiger partial charge on any atom is 0.226 e. The van der Waals surface area contributed by atoms with Gasteiger partial charge < -0.3 is 20.3 Å². The van der Waals surface area contributed by atoms with E-state index in [1.165, 1.54) is 0 Å². The minimum Gasteiger partial charge on any atom is -0.396 e. The van der Waals surface area contributed by atoms with E-state index in [0.717, 1.165) is 53.8 Å². The molecule has 4 aromatic rings. The maximum atomic E-state index is 8.99. The van der Waals surface area contributed by atoms with Crippen molar-refractivity contribution in [2.45, 2.75) is 39.3 Å². The summed E-state index contributed by atoms with van der Waals surface area (Å²) in [6.07, 6.45) is 6.24. The highest BCUT2D eigenvalue weighted by atomic mass is 16.2. The van der Waals surface area contributed by atoms with Crippen molar-refractivity contribution in [3.63, 3.8) is 0 Å². The molecule has 32 heavy (non-hydrogen) atoms. The third-order valence-electron chi connectivity index (χ3n) is 5.17. The van der Waals surface area contributed by atoms with E-state index in [9.17, 15) is 0 Å². The molecule has 8 nitrogen and oxygen atoms in total. The summed E-state index contributed by atoms with van der Waals surface area (Å²) in [5, 5.41) is 15.7. The number of hydrogen-bond acceptors (Lipinski definition) is 7. The molecule has 0 radical (unpaired) electrons. The third-order valence-corrected chi connectivity index (χ3v) is 5.17. The van der Waals surface area contributed by atoms with E-state index in [4.69, 9.17) is 5.11 Å². The van der Waals surface area contributed by atoms with Crippen molar-refractivity contribution >= 4 is 22.9 Å². The fraction of sp³-hybridized carbons (Fsp3) is 0.333. The Labute approximate surface area is 187 Å². The number of rotatable bonds is 11. The summed E-state index contributed by atoms with van der Waals surface area (Å²) in [7, 11) is 0. The van der Waals surface area contributed by atoms with Gasteiger partial charge in [0.25, 0.3) is 0 Å². The molecule has 0 aliphatic heterocycles. The van der Waals surface area contributed by atoms with Gasteiger partial charge in [-0.1, -0.05) is 37.3 Å². The van der Waals surface area contributed by atoms with Crippen molar-refractivity contribution in [3.8, 4) is 11.3 Å². The average molecular weight is 432 g/mol. The summed E-state index contributed by atoms with van der Waals surface area (Å²) >= 11 is 0. The number of pyridine rings is 1. The Morgan fingerprint density at radius 2 is 1.84 bits per heavy atom. The number of nitrogens with zero attached hydrogens (tertiary/aromatic N) is 5. The normalized spacial score (nSPS) is 11.1. The van der Waals surface area contributed by atoms with E-state index in [0.29, 0.717) is 24.9 Å². The first-order valence-electron chi connectivity index (χ1n) is 11.1. The summed E-state index contributed by atoms with van der Waals surface area (Å²) < 4.78 is 2.06. The van der Waals surface area contributed by atoms with Crippen LogP contribution in [0.1, 0.15) is 31.7 Å². The van der Waals surface area contributed by atoms with Gasteiger partial charge in [0.2, 0.25) is 5.95 Å². The Morgan fingerprint density at radius 1 is 0.969 bits per heavy atom. The number of unbranched alkanes of at least 4 members (excludes halogenated alkanes) is 1. The SMILES string of the molecule is CCCn1cnc2c(NCc3ccc(-c4ccccn4)cc3)nc(NCCCCO)nc21. The number of fused-ring (bicyclic) bond motifs is 1. The van der Waals surface area contributed by atoms with E-state index in [2.05, 4.69) is 66.3 Å². The average Bonchev–Trinajstić information content (AvgIpc) is 3.24. The zero-order valence-electron chi connectivity index (χ0n) is 18.3. The highest BCUT2D eigenvalue weighted by Crippen LogP contribution is 2.23. The van der Waals surface area contributed by atoms with Gasteiger partial charge in [0.15, 0.2) is 17.0 Å². The minimum absolute atomic E-state index is 0.191. The van der Waals surface area contributed by atoms with Crippen LogP contribution >= 0.6 is 0 Å². The topological polar surface area (TPSA) is 101 Å². The molecule has 3 N–H and O–H groups in total. The van der Waals surface area contributed by atoms with Crippen LogP contribution in [0.25, 0.3) is 22.4 Å². The van der Waals surface area contributed by atoms with Crippen LogP contribution in [0.15, 0.2) is 55.0 Å². The largest absolute Gasteiger partial charge is 0.396 e. The predicted octanol–water partition coefficient (Wildman–Crippen LogP) is 4.09. The van der Waals surface area contributed by atoms with Gasteiger partial charge >= 0.3 is 0 Å². The second-order valence-corrected chi connectivity index (χ2v) is 7.63.